The molecular weight excluding hydrogens is 431 g/mol. The van der Waals surface area contributed by atoms with Crippen molar-refractivity contribution in [1.29, 1.82) is 0 Å². The molecule has 0 aliphatic carbocycles. The second-order valence-electron chi connectivity index (χ2n) is 6.80. The molecule has 3 aromatic carbocycles. The fourth-order valence-electron chi connectivity index (χ4n) is 2.78. The molecule has 0 fully saturated rings. The van der Waals surface area contributed by atoms with Gasteiger partial charge in [-0.15, -0.1) is 0 Å². The quantitative estimate of drug-likeness (QED) is 0.415. The van der Waals surface area contributed by atoms with Crippen molar-refractivity contribution in [3.8, 4) is 0 Å². The highest BCUT2D eigenvalue weighted by atomic mass is 35.5. The molecule has 0 radical (unpaired) electrons. The van der Waals surface area contributed by atoms with E-state index >= 15 is 0 Å². The summed E-state index contributed by atoms with van der Waals surface area (Å²) in [6.07, 6.45) is 6.17. The van der Waals surface area contributed by atoms with Crippen molar-refractivity contribution < 1.29 is 9.59 Å². The van der Waals surface area contributed by atoms with Gasteiger partial charge in [0.2, 0.25) is 11.8 Å². The molecule has 0 aliphatic rings. The number of amides is 2. The first-order valence-electron chi connectivity index (χ1n) is 9.49. The first-order valence-corrected chi connectivity index (χ1v) is 10.2. The summed E-state index contributed by atoms with van der Waals surface area (Å²) in [6.45, 7) is 1.90. The first kappa shape index (κ1) is 22.3. The number of halogens is 2. The lowest BCUT2D eigenvalue weighted by Crippen LogP contribution is -2.13. The molecule has 6 heteroatoms. The maximum atomic E-state index is 12.4. The molecule has 0 spiro atoms. The maximum Gasteiger partial charge on any atom is 0.248 e. The maximum absolute atomic E-state index is 12.4. The van der Waals surface area contributed by atoms with Crippen LogP contribution >= 0.6 is 23.2 Å². The van der Waals surface area contributed by atoms with Crippen LogP contribution in [0.4, 0.5) is 11.4 Å². The third-order valence-corrected chi connectivity index (χ3v) is 4.71. The van der Waals surface area contributed by atoms with Gasteiger partial charge in [0.1, 0.15) is 0 Å². The van der Waals surface area contributed by atoms with E-state index in [0.29, 0.717) is 21.4 Å². The van der Waals surface area contributed by atoms with E-state index in [1.54, 1.807) is 48.6 Å². The molecule has 0 heterocycles. The van der Waals surface area contributed by atoms with Crippen LogP contribution in [0.25, 0.3) is 12.2 Å². The Hall–Kier alpha value is -3.34. The highest BCUT2D eigenvalue weighted by Crippen LogP contribution is 2.23. The third kappa shape index (κ3) is 7.14. The molecule has 0 saturated heterocycles. The molecule has 0 bridgehead atoms. The van der Waals surface area contributed by atoms with E-state index in [2.05, 4.69) is 10.6 Å². The summed E-state index contributed by atoms with van der Waals surface area (Å²) in [5, 5.41) is 6.79. The van der Waals surface area contributed by atoms with Crippen LogP contribution in [0.1, 0.15) is 16.7 Å². The molecule has 0 atom stereocenters. The molecule has 156 valence electrons. The zero-order valence-electron chi connectivity index (χ0n) is 16.7. The Bertz CT molecular complexity index is 1170. The number of carbonyl (C=O) groups excluding carboxylic acids is 2. The normalized spacial score (nSPS) is 11.1. The van der Waals surface area contributed by atoms with Gasteiger partial charge in [-0.25, -0.2) is 0 Å². The van der Waals surface area contributed by atoms with E-state index < -0.39 is 0 Å². The second-order valence-corrected chi connectivity index (χ2v) is 7.68. The summed E-state index contributed by atoms with van der Waals surface area (Å²) in [4.78, 5) is 24.8. The highest BCUT2D eigenvalue weighted by molar-refractivity contribution is 6.31. The van der Waals surface area contributed by atoms with E-state index in [9.17, 15) is 9.59 Å². The Labute approximate surface area is 191 Å². The van der Waals surface area contributed by atoms with Crippen LogP contribution < -0.4 is 10.6 Å². The monoisotopic (exact) mass is 450 g/mol. The molecular formula is C25H20Cl2N2O2. The third-order valence-electron chi connectivity index (χ3n) is 4.24. The largest absolute Gasteiger partial charge is 0.321 e. The molecule has 0 aliphatic heterocycles. The summed E-state index contributed by atoms with van der Waals surface area (Å²) >= 11 is 11.9. The van der Waals surface area contributed by atoms with Crippen molar-refractivity contribution in [3.63, 3.8) is 0 Å². The average molecular weight is 451 g/mol. The molecule has 2 N–H and O–H groups in total. The lowest BCUT2D eigenvalue weighted by Gasteiger charge is -2.11. The van der Waals surface area contributed by atoms with E-state index in [4.69, 9.17) is 23.2 Å². The van der Waals surface area contributed by atoms with Gasteiger partial charge < -0.3 is 10.6 Å². The zero-order chi connectivity index (χ0) is 22.2. The Morgan fingerprint density at radius 2 is 1.23 bits per heavy atom. The molecule has 0 saturated carbocycles. The van der Waals surface area contributed by atoms with Crippen LogP contribution in [0.3, 0.4) is 0 Å². The minimum atomic E-state index is -0.325. The van der Waals surface area contributed by atoms with E-state index in [1.807, 2.05) is 37.3 Å². The minimum absolute atomic E-state index is 0.324. The number of carbonyl (C=O) groups is 2. The molecule has 0 unspecified atom stereocenters. The molecule has 4 nitrogen and oxygen atoms in total. The van der Waals surface area contributed by atoms with Crippen molar-refractivity contribution in [3.05, 3.63) is 106 Å². The van der Waals surface area contributed by atoms with Crippen molar-refractivity contribution in [2.24, 2.45) is 0 Å². The summed E-state index contributed by atoms with van der Waals surface area (Å²) in [5.74, 6) is -0.649. The van der Waals surface area contributed by atoms with E-state index in [0.717, 1.165) is 16.7 Å². The Kier molecular flexibility index (Phi) is 7.65. The number of benzene rings is 3. The summed E-state index contributed by atoms with van der Waals surface area (Å²) < 4.78 is 0. The Morgan fingerprint density at radius 1 is 0.710 bits per heavy atom. The van der Waals surface area contributed by atoms with Gasteiger partial charge in [-0.05, 0) is 72.2 Å². The van der Waals surface area contributed by atoms with Gasteiger partial charge in [0.05, 0.1) is 11.4 Å². The molecule has 2 amide bonds. The number of hydrogen-bond acceptors (Lipinski definition) is 2. The number of rotatable bonds is 6. The lowest BCUT2D eigenvalue weighted by molar-refractivity contribution is -0.112. The molecule has 3 aromatic rings. The van der Waals surface area contributed by atoms with Gasteiger partial charge in [0.25, 0.3) is 0 Å². The minimum Gasteiger partial charge on any atom is -0.321 e. The SMILES string of the molecule is Cc1ccc(NC(=O)C=Cc2cccc(Cl)c2)c(NC(=O)C=Cc2cccc(Cl)c2)c1. The number of hydrogen-bond donors (Lipinski definition) is 2. The number of nitrogens with one attached hydrogen (secondary N) is 2. The predicted molar refractivity (Wildman–Crippen MR) is 129 cm³/mol. The zero-order valence-corrected chi connectivity index (χ0v) is 18.2. The van der Waals surface area contributed by atoms with Crippen molar-refractivity contribution >= 4 is 58.5 Å². The van der Waals surface area contributed by atoms with Gasteiger partial charge in [0.15, 0.2) is 0 Å². The highest BCUT2D eigenvalue weighted by Gasteiger charge is 2.08. The summed E-state index contributed by atoms with van der Waals surface area (Å²) in [5.41, 5.74) is 3.57. The smallest absolute Gasteiger partial charge is 0.248 e. The lowest BCUT2D eigenvalue weighted by atomic mass is 10.1. The van der Waals surface area contributed by atoms with Crippen LogP contribution in [0.5, 0.6) is 0 Å². The van der Waals surface area contributed by atoms with E-state index in [1.165, 1.54) is 12.2 Å². The van der Waals surface area contributed by atoms with Crippen LogP contribution in [0.2, 0.25) is 10.0 Å². The average Bonchev–Trinajstić information content (AvgIpc) is 2.73. The van der Waals surface area contributed by atoms with Crippen molar-refractivity contribution in [2.45, 2.75) is 6.92 Å². The van der Waals surface area contributed by atoms with E-state index in [-0.39, 0.29) is 11.8 Å². The summed E-state index contributed by atoms with van der Waals surface area (Å²) in [7, 11) is 0. The molecule has 31 heavy (non-hydrogen) atoms. The molecule has 0 aromatic heterocycles. The topological polar surface area (TPSA) is 58.2 Å². The summed E-state index contributed by atoms with van der Waals surface area (Å²) in [6, 6.07) is 19.8. The van der Waals surface area contributed by atoms with Gasteiger partial charge in [-0.2, -0.15) is 0 Å². The van der Waals surface area contributed by atoms with Crippen LogP contribution in [-0.4, -0.2) is 11.8 Å². The van der Waals surface area contributed by atoms with Crippen LogP contribution in [0, 0.1) is 6.92 Å². The van der Waals surface area contributed by atoms with Crippen LogP contribution in [-0.2, 0) is 9.59 Å². The van der Waals surface area contributed by atoms with Crippen LogP contribution in [0.15, 0.2) is 78.9 Å². The fourth-order valence-corrected chi connectivity index (χ4v) is 3.18. The molecule has 3 rings (SSSR count). The fraction of sp³-hybridized carbons (Fsp3) is 0.0400. The Morgan fingerprint density at radius 3 is 1.74 bits per heavy atom. The second kappa shape index (κ2) is 10.6. The van der Waals surface area contributed by atoms with Gasteiger partial charge >= 0.3 is 0 Å². The van der Waals surface area contributed by atoms with Gasteiger partial charge in [-0.3, -0.25) is 9.59 Å². The Balaban J connectivity index is 1.69. The number of aryl methyl sites for hydroxylation is 1. The van der Waals surface area contributed by atoms with Gasteiger partial charge in [-0.1, -0.05) is 53.5 Å². The number of anilines is 2. The predicted octanol–water partition coefficient (Wildman–Crippen LogP) is 6.61. The van der Waals surface area contributed by atoms with Crippen molar-refractivity contribution in [2.75, 3.05) is 10.6 Å². The first-order chi connectivity index (χ1) is 14.9. The van der Waals surface area contributed by atoms with Gasteiger partial charge in [0, 0.05) is 22.2 Å². The van der Waals surface area contributed by atoms with Crippen molar-refractivity contribution in [1.82, 2.24) is 0 Å². The standard InChI is InChI=1S/C25H20Cl2N2O2/c1-17-8-11-22(28-24(30)12-9-18-4-2-6-20(26)15-18)23(14-17)29-25(31)13-10-19-5-3-7-21(27)16-19/h2-16H,1H3,(H,28,30)(H,29,31).